The van der Waals surface area contributed by atoms with Gasteiger partial charge in [-0.2, -0.15) is 14.3 Å². The maximum absolute atomic E-state index is 13.2. The molecular weight excluding hydrogens is 642 g/mol. The molecular formula is C27H38Cl4N8O2S. The quantitative estimate of drug-likeness (QED) is 0.276. The molecule has 0 bridgehead atoms. The SMILES string of the molecule is Cl.Cl.NC1CCC(Nc2nc(NC3CCN(S(=O)(=O)c4ccc(Cl)c(Cl)c4)CC3)c3ncn(C4CCCC4)c3n2)CC1. The van der Waals surface area contributed by atoms with Crippen LogP contribution in [0.5, 0.6) is 0 Å². The summed E-state index contributed by atoms with van der Waals surface area (Å²) in [7, 11) is -3.66. The highest BCUT2D eigenvalue weighted by atomic mass is 35.5. The van der Waals surface area contributed by atoms with Crippen molar-refractivity contribution in [1.29, 1.82) is 0 Å². The van der Waals surface area contributed by atoms with Crippen LogP contribution in [0.2, 0.25) is 10.0 Å². The fourth-order valence-corrected chi connectivity index (χ4v) is 8.06. The third-order valence-electron chi connectivity index (χ3n) is 8.57. The van der Waals surface area contributed by atoms with Gasteiger partial charge in [0.25, 0.3) is 0 Å². The molecule has 15 heteroatoms. The van der Waals surface area contributed by atoms with E-state index >= 15 is 0 Å². The molecule has 0 atom stereocenters. The molecule has 3 fully saturated rings. The van der Waals surface area contributed by atoms with Crippen LogP contribution < -0.4 is 16.4 Å². The molecule has 1 saturated heterocycles. The third kappa shape index (κ3) is 7.03. The number of nitrogens with two attached hydrogens (primary N) is 1. The minimum atomic E-state index is -3.66. The minimum Gasteiger partial charge on any atom is -0.365 e. The van der Waals surface area contributed by atoms with Crippen LogP contribution in [0, 0.1) is 0 Å². The number of hydrogen-bond acceptors (Lipinski definition) is 8. The molecule has 0 unspecified atom stereocenters. The van der Waals surface area contributed by atoms with Crippen LogP contribution in [0.3, 0.4) is 0 Å². The zero-order valence-electron chi connectivity index (χ0n) is 23.2. The van der Waals surface area contributed by atoms with Crippen molar-refractivity contribution in [2.45, 2.75) is 93.3 Å². The predicted octanol–water partition coefficient (Wildman–Crippen LogP) is 6.04. The van der Waals surface area contributed by atoms with Gasteiger partial charge in [0, 0.05) is 37.3 Å². The molecule has 0 amide bonds. The molecule has 0 radical (unpaired) electrons. The molecule has 1 aliphatic heterocycles. The highest BCUT2D eigenvalue weighted by Gasteiger charge is 2.31. The first kappa shape index (κ1) is 33.3. The molecule has 10 nitrogen and oxygen atoms in total. The Bertz CT molecular complexity index is 1470. The number of halogens is 4. The number of piperidine rings is 1. The fourth-order valence-electron chi connectivity index (χ4n) is 6.20. The summed E-state index contributed by atoms with van der Waals surface area (Å²) in [5, 5.41) is 7.72. The van der Waals surface area contributed by atoms with E-state index in [1.807, 2.05) is 6.33 Å². The maximum Gasteiger partial charge on any atom is 0.243 e. The lowest BCUT2D eigenvalue weighted by Crippen LogP contribution is -2.42. The number of nitrogens with one attached hydrogen (secondary N) is 2. The lowest BCUT2D eigenvalue weighted by molar-refractivity contribution is 0.329. The van der Waals surface area contributed by atoms with E-state index < -0.39 is 10.0 Å². The zero-order chi connectivity index (χ0) is 27.9. The summed E-state index contributed by atoms with van der Waals surface area (Å²) < 4.78 is 30.2. The molecule has 3 aromatic rings. The van der Waals surface area contributed by atoms with Gasteiger partial charge in [-0.1, -0.05) is 36.0 Å². The van der Waals surface area contributed by atoms with E-state index in [2.05, 4.69) is 15.2 Å². The molecule has 1 aromatic carbocycles. The number of imidazole rings is 1. The van der Waals surface area contributed by atoms with E-state index in [-0.39, 0.29) is 46.8 Å². The number of sulfonamides is 1. The molecule has 2 saturated carbocycles. The van der Waals surface area contributed by atoms with Gasteiger partial charge >= 0.3 is 0 Å². The van der Waals surface area contributed by atoms with Crippen molar-refractivity contribution < 1.29 is 8.42 Å². The fraction of sp³-hybridized carbons (Fsp3) is 0.593. The smallest absolute Gasteiger partial charge is 0.243 e. The second kappa shape index (κ2) is 14.0. The Hall–Kier alpha value is -1.60. The summed E-state index contributed by atoms with van der Waals surface area (Å²) in [6, 6.07) is 5.45. The summed E-state index contributed by atoms with van der Waals surface area (Å²) in [5.74, 6) is 1.30. The summed E-state index contributed by atoms with van der Waals surface area (Å²) >= 11 is 12.1. The van der Waals surface area contributed by atoms with Crippen LogP contribution in [-0.2, 0) is 10.0 Å². The van der Waals surface area contributed by atoms with E-state index in [1.165, 1.54) is 35.3 Å². The van der Waals surface area contributed by atoms with Gasteiger partial charge in [-0.05, 0) is 69.6 Å². The average molecular weight is 681 g/mol. The number of fused-ring (bicyclic) bond motifs is 1. The van der Waals surface area contributed by atoms with Crippen molar-refractivity contribution in [3.05, 3.63) is 34.6 Å². The highest BCUT2D eigenvalue weighted by Crippen LogP contribution is 2.34. The van der Waals surface area contributed by atoms with Gasteiger partial charge in [0.1, 0.15) is 0 Å². The van der Waals surface area contributed by atoms with E-state index in [1.54, 1.807) is 0 Å². The van der Waals surface area contributed by atoms with Crippen LogP contribution in [0.25, 0.3) is 11.2 Å². The van der Waals surface area contributed by atoms with E-state index in [9.17, 15) is 8.42 Å². The number of rotatable bonds is 7. The second-order valence-corrected chi connectivity index (χ2v) is 14.1. The van der Waals surface area contributed by atoms with E-state index in [0.717, 1.165) is 49.7 Å². The van der Waals surface area contributed by atoms with Crippen LogP contribution in [0.4, 0.5) is 11.8 Å². The standard InChI is InChI=1S/C27H36Cl2N8O2S.2ClH/c28-22-10-9-21(15-23(22)29)40(38,39)36-13-11-19(12-14-36)32-25-24-26(37(16-31-24)20-3-1-2-4-20)35-27(34-25)33-18-7-5-17(30)6-8-18;;/h9-10,15-20H,1-8,11-14,30H2,(H2,32,33,34,35);2*1H. The van der Waals surface area contributed by atoms with E-state index in [0.29, 0.717) is 54.8 Å². The Morgan fingerprint density at radius 3 is 2.19 bits per heavy atom. The average Bonchev–Trinajstić information content (AvgIpc) is 3.62. The topological polar surface area (TPSA) is 131 Å². The summed E-state index contributed by atoms with van der Waals surface area (Å²) in [6.45, 7) is 0.775. The minimum absolute atomic E-state index is 0. The first-order valence-electron chi connectivity index (χ1n) is 14.3. The Morgan fingerprint density at radius 1 is 0.857 bits per heavy atom. The van der Waals surface area contributed by atoms with Crippen LogP contribution in [0.15, 0.2) is 29.4 Å². The van der Waals surface area contributed by atoms with Crippen molar-refractivity contribution in [2.24, 2.45) is 5.73 Å². The van der Waals surface area contributed by atoms with Gasteiger partial charge in [-0.15, -0.1) is 24.8 Å². The number of aromatic nitrogens is 4. The predicted molar refractivity (Wildman–Crippen MR) is 173 cm³/mol. The number of nitrogens with zero attached hydrogens (tertiary/aromatic N) is 5. The maximum atomic E-state index is 13.2. The van der Waals surface area contributed by atoms with Crippen molar-refractivity contribution in [3.63, 3.8) is 0 Å². The van der Waals surface area contributed by atoms with E-state index in [4.69, 9.17) is 43.9 Å². The molecule has 0 spiro atoms. The zero-order valence-corrected chi connectivity index (χ0v) is 27.2. The van der Waals surface area contributed by atoms with Crippen LogP contribution >= 0.6 is 48.0 Å². The van der Waals surface area contributed by atoms with Crippen molar-refractivity contribution in [1.82, 2.24) is 23.8 Å². The molecule has 3 aliphatic rings. The normalized spacial score (nSPS) is 22.5. The first-order valence-corrected chi connectivity index (χ1v) is 16.5. The monoisotopic (exact) mass is 678 g/mol. The third-order valence-corrected chi connectivity index (χ3v) is 11.2. The Morgan fingerprint density at radius 2 is 1.52 bits per heavy atom. The lowest BCUT2D eigenvalue weighted by Gasteiger charge is -2.32. The van der Waals surface area contributed by atoms with Crippen molar-refractivity contribution >= 4 is 81.0 Å². The number of anilines is 2. The summed E-state index contributed by atoms with van der Waals surface area (Å²) in [6.07, 6.45) is 11.9. The summed E-state index contributed by atoms with van der Waals surface area (Å²) in [5.41, 5.74) is 7.72. The molecule has 4 N–H and O–H groups in total. The lowest BCUT2D eigenvalue weighted by atomic mass is 9.92. The van der Waals surface area contributed by atoms with Crippen molar-refractivity contribution in [2.75, 3.05) is 23.7 Å². The summed E-state index contributed by atoms with van der Waals surface area (Å²) in [4.78, 5) is 14.7. The van der Waals surface area contributed by atoms with Gasteiger partial charge in [0.15, 0.2) is 17.0 Å². The molecule has 6 rings (SSSR count). The van der Waals surface area contributed by atoms with Crippen LogP contribution in [-0.4, -0.2) is 63.5 Å². The Labute approximate surface area is 269 Å². The van der Waals surface area contributed by atoms with Gasteiger partial charge in [-0.3, -0.25) is 0 Å². The second-order valence-electron chi connectivity index (χ2n) is 11.3. The molecule has 42 heavy (non-hydrogen) atoms. The molecule has 2 aliphatic carbocycles. The number of benzene rings is 1. The Balaban J connectivity index is 0.00000202. The van der Waals surface area contributed by atoms with Gasteiger partial charge in [0.2, 0.25) is 16.0 Å². The first-order chi connectivity index (χ1) is 19.3. The largest absolute Gasteiger partial charge is 0.365 e. The molecule has 232 valence electrons. The highest BCUT2D eigenvalue weighted by molar-refractivity contribution is 7.89. The van der Waals surface area contributed by atoms with Gasteiger partial charge in [-0.25, -0.2) is 13.4 Å². The molecule has 2 aromatic heterocycles. The van der Waals surface area contributed by atoms with Crippen molar-refractivity contribution in [3.8, 4) is 0 Å². The van der Waals surface area contributed by atoms with Gasteiger partial charge in [0.05, 0.1) is 21.3 Å². The van der Waals surface area contributed by atoms with Gasteiger partial charge < -0.3 is 20.9 Å². The number of hydrogen-bond donors (Lipinski definition) is 3. The van der Waals surface area contributed by atoms with Crippen LogP contribution in [0.1, 0.15) is 70.3 Å². The Kier molecular flexibility index (Phi) is 11.1. The molecule has 3 heterocycles.